The van der Waals surface area contributed by atoms with Crippen LogP contribution in [0.3, 0.4) is 0 Å². The Labute approximate surface area is 153 Å². The van der Waals surface area contributed by atoms with Gasteiger partial charge in [-0.05, 0) is 62.4 Å². The summed E-state index contributed by atoms with van der Waals surface area (Å²) in [5, 5.41) is 4.39. The van der Waals surface area contributed by atoms with Crippen LogP contribution in [0.4, 0.5) is 0 Å². The summed E-state index contributed by atoms with van der Waals surface area (Å²) < 4.78 is 2.30. The molecule has 3 aromatic rings. The second kappa shape index (κ2) is 7.68. The number of rotatable bonds is 5. The van der Waals surface area contributed by atoms with Gasteiger partial charge in [0, 0.05) is 48.2 Å². The zero-order chi connectivity index (χ0) is 17.8. The molecule has 0 aliphatic heterocycles. The largest absolute Gasteiger partial charge is 0.353 e. The van der Waals surface area contributed by atoms with Crippen LogP contribution in [-0.2, 0) is 11.2 Å². The molecule has 3 aromatic heterocycles. The summed E-state index contributed by atoms with van der Waals surface area (Å²) in [5.41, 5.74) is 2.04. The van der Waals surface area contributed by atoms with Gasteiger partial charge in [-0.1, -0.05) is 6.07 Å². The van der Waals surface area contributed by atoms with Crippen molar-refractivity contribution < 1.29 is 4.79 Å². The van der Waals surface area contributed by atoms with Gasteiger partial charge < -0.3 is 9.88 Å². The molecule has 0 saturated heterocycles. The molecule has 0 bridgehead atoms. The lowest BCUT2D eigenvalue weighted by atomic mass is 9.91. The van der Waals surface area contributed by atoms with E-state index in [0.29, 0.717) is 18.9 Å². The van der Waals surface area contributed by atoms with Gasteiger partial charge in [0.05, 0.1) is 0 Å². The molecule has 1 aliphatic rings. The fraction of sp³-hybridized carbons (Fsp3) is 0.381. The van der Waals surface area contributed by atoms with Crippen molar-refractivity contribution in [1.29, 1.82) is 0 Å². The van der Waals surface area contributed by atoms with E-state index in [1.165, 1.54) is 5.39 Å². The first-order chi connectivity index (χ1) is 12.8. The van der Waals surface area contributed by atoms with E-state index in [-0.39, 0.29) is 11.9 Å². The number of hydrogen-bond acceptors (Lipinski definition) is 3. The number of carbonyl (C=O) groups excluding carboxylic acids is 1. The minimum atomic E-state index is 0.132. The standard InChI is InChI=1S/C21H24N4O/c26-20(11-8-17-5-1-2-13-22-17)24-18-6-9-19(10-7-18)25-15-12-16-4-3-14-23-21(16)25/h1-5,12-15,18-19H,6-11H2,(H,24,26). The summed E-state index contributed by atoms with van der Waals surface area (Å²) in [5.74, 6) is 0.132. The molecule has 3 heterocycles. The number of nitrogens with zero attached hydrogens (tertiary/aromatic N) is 3. The van der Waals surface area contributed by atoms with E-state index in [1.807, 2.05) is 30.5 Å². The van der Waals surface area contributed by atoms with Crippen LogP contribution in [0.25, 0.3) is 11.0 Å². The third-order valence-corrected chi connectivity index (χ3v) is 5.27. The van der Waals surface area contributed by atoms with E-state index in [0.717, 1.165) is 37.0 Å². The first-order valence-electron chi connectivity index (χ1n) is 9.40. The second-order valence-electron chi connectivity index (χ2n) is 7.03. The minimum Gasteiger partial charge on any atom is -0.353 e. The molecule has 0 atom stereocenters. The average Bonchev–Trinajstić information content (AvgIpc) is 3.12. The van der Waals surface area contributed by atoms with Crippen LogP contribution < -0.4 is 5.32 Å². The third kappa shape index (κ3) is 3.77. The predicted molar refractivity (Wildman–Crippen MR) is 102 cm³/mol. The monoisotopic (exact) mass is 348 g/mol. The molecular weight excluding hydrogens is 324 g/mol. The Kier molecular flexibility index (Phi) is 4.95. The number of fused-ring (bicyclic) bond motifs is 1. The Morgan fingerprint density at radius 3 is 2.69 bits per heavy atom. The number of amides is 1. The van der Waals surface area contributed by atoms with Crippen LogP contribution in [0.5, 0.6) is 0 Å². The van der Waals surface area contributed by atoms with Crippen LogP contribution >= 0.6 is 0 Å². The molecule has 1 saturated carbocycles. The van der Waals surface area contributed by atoms with Crippen LogP contribution in [0.15, 0.2) is 55.0 Å². The van der Waals surface area contributed by atoms with Gasteiger partial charge in [0.2, 0.25) is 5.91 Å². The van der Waals surface area contributed by atoms with Crippen molar-refractivity contribution >= 4 is 16.9 Å². The molecule has 26 heavy (non-hydrogen) atoms. The molecule has 0 spiro atoms. The van der Waals surface area contributed by atoms with E-state index in [4.69, 9.17) is 0 Å². The summed E-state index contributed by atoms with van der Waals surface area (Å²) >= 11 is 0. The molecule has 4 rings (SSSR count). The molecule has 5 heteroatoms. The van der Waals surface area contributed by atoms with Crippen LogP contribution in [-0.4, -0.2) is 26.5 Å². The first-order valence-corrected chi connectivity index (χ1v) is 9.40. The van der Waals surface area contributed by atoms with Crippen molar-refractivity contribution in [2.75, 3.05) is 0 Å². The number of carbonyl (C=O) groups is 1. The highest BCUT2D eigenvalue weighted by molar-refractivity contribution is 5.76. The van der Waals surface area contributed by atoms with E-state index in [1.54, 1.807) is 6.20 Å². The summed E-state index contributed by atoms with van der Waals surface area (Å²) in [6.07, 6.45) is 11.2. The fourth-order valence-corrected chi connectivity index (χ4v) is 3.87. The fourth-order valence-electron chi connectivity index (χ4n) is 3.87. The Hall–Kier alpha value is -2.69. The zero-order valence-electron chi connectivity index (χ0n) is 14.8. The maximum atomic E-state index is 12.2. The number of aryl methyl sites for hydroxylation is 1. The quantitative estimate of drug-likeness (QED) is 0.765. The summed E-state index contributed by atoms with van der Waals surface area (Å²) in [6.45, 7) is 0. The molecule has 0 aromatic carbocycles. The van der Waals surface area contributed by atoms with E-state index >= 15 is 0 Å². The molecule has 1 fully saturated rings. The van der Waals surface area contributed by atoms with E-state index in [2.05, 4.69) is 38.2 Å². The van der Waals surface area contributed by atoms with Crippen molar-refractivity contribution in [1.82, 2.24) is 19.9 Å². The average molecular weight is 348 g/mol. The van der Waals surface area contributed by atoms with Crippen LogP contribution in [0.2, 0.25) is 0 Å². The molecule has 5 nitrogen and oxygen atoms in total. The third-order valence-electron chi connectivity index (χ3n) is 5.27. The van der Waals surface area contributed by atoms with Crippen molar-refractivity contribution in [3.05, 3.63) is 60.7 Å². The zero-order valence-corrected chi connectivity index (χ0v) is 14.8. The van der Waals surface area contributed by atoms with Crippen molar-refractivity contribution in [2.45, 2.75) is 50.6 Å². The highest BCUT2D eigenvalue weighted by atomic mass is 16.1. The topological polar surface area (TPSA) is 59.8 Å². The normalized spacial score (nSPS) is 20.2. The van der Waals surface area contributed by atoms with Gasteiger partial charge >= 0.3 is 0 Å². The summed E-state index contributed by atoms with van der Waals surface area (Å²) in [4.78, 5) is 21.0. The van der Waals surface area contributed by atoms with Crippen LogP contribution in [0, 0.1) is 0 Å². The molecular formula is C21H24N4O. The highest BCUT2D eigenvalue weighted by Gasteiger charge is 2.24. The van der Waals surface area contributed by atoms with Gasteiger partial charge in [-0.15, -0.1) is 0 Å². The molecule has 1 N–H and O–H groups in total. The second-order valence-corrected chi connectivity index (χ2v) is 7.03. The highest BCUT2D eigenvalue weighted by Crippen LogP contribution is 2.31. The van der Waals surface area contributed by atoms with Gasteiger partial charge in [0.25, 0.3) is 0 Å². The molecule has 0 radical (unpaired) electrons. The SMILES string of the molecule is O=C(CCc1ccccn1)NC1CCC(n2ccc3cccnc32)CC1. The smallest absolute Gasteiger partial charge is 0.220 e. The van der Waals surface area contributed by atoms with Gasteiger partial charge in [0.15, 0.2) is 0 Å². The predicted octanol–water partition coefficient (Wildman–Crippen LogP) is 3.66. The Balaban J connectivity index is 1.28. The van der Waals surface area contributed by atoms with Crippen molar-refractivity contribution in [3.63, 3.8) is 0 Å². The molecule has 134 valence electrons. The summed E-state index contributed by atoms with van der Waals surface area (Å²) in [7, 11) is 0. The number of aromatic nitrogens is 3. The lowest BCUT2D eigenvalue weighted by molar-refractivity contribution is -0.122. The van der Waals surface area contributed by atoms with Crippen LogP contribution in [0.1, 0.15) is 43.8 Å². The lowest BCUT2D eigenvalue weighted by Crippen LogP contribution is -2.38. The maximum Gasteiger partial charge on any atom is 0.220 e. The maximum absolute atomic E-state index is 12.2. The molecule has 1 aliphatic carbocycles. The van der Waals surface area contributed by atoms with Crippen molar-refractivity contribution in [2.24, 2.45) is 0 Å². The van der Waals surface area contributed by atoms with Gasteiger partial charge in [-0.2, -0.15) is 0 Å². The van der Waals surface area contributed by atoms with E-state index in [9.17, 15) is 4.79 Å². The van der Waals surface area contributed by atoms with E-state index < -0.39 is 0 Å². The number of nitrogens with one attached hydrogen (secondary N) is 1. The number of pyridine rings is 2. The first kappa shape index (κ1) is 16.8. The van der Waals surface area contributed by atoms with Gasteiger partial charge in [-0.3, -0.25) is 9.78 Å². The number of hydrogen-bond donors (Lipinski definition) is 1. The summed E-state index contributed by atoms with van der Waals surface area (Å²) in [6, 6.07) is 12.8. The van der Waals surface area contributed by atoms with Crippen molar-refractivity contribution in [3.8, 4) is 0 Å². The molecule has 1 amide bonds. The molecule has 0 unspecified atom stereocenters. The Morgan fingerprint density at radius 2 is 1.88 bits per heavy atom. The Bertz CT molecular complexity index is 866. The van der Waals surface area contributed by atoms with Gasteiger partial charge in [0.1, 0.15) is 5.65 Å². The van der Waals surface area contributed by atoms with Gasteiger partial charge in [-0.25, -0.2) is 4.98 Å². The Morgan fingerprint density at radius 1 is 1.04 bits per heavy atom. The minimum absolute atomic E-state index is 0.132. The lowest BCUT2D eigenvalue weighted by Gasteiger charge is -2.30.